The van der Waals surface area contributed by atoms with Gasteiger partial charge in [-0.3, -0.25) is 9.59 Å². The molecule has 1 atom stereocenters. The molecule has 1 aliphatic heterocycles. The molecule has 1 fully saturated rings. The minimum absolute atomic E-state index is 0.0923. The number of carboxylic acid groups (broad SMARTS) is 1. The molecule has 1 unspecified atom stereocenters. The molecule has 0 aromatic heterocycles. The van der Waals surface area contributed by atoms with Crippen LogP contribution in [0.25, 0.3) is 0 Å². The lowest BCUT2D eigenvalue weighted by atomic mass is 10.2. The Morgan fingerprint density at radius 1 is 1.75 bits per heavy atom. The fraction of sp³-hybridized carbons (Fsp3) is 0.714. The summed E-state index contributed by atoms with van der Waals surface area (Å²) in [6.45, 7) is 2.26. The number of hydrogen-bond acceptors (Lipinski definition) is 2. The highest BCUT2D eigenvalue weighted by Gasteiger charge is 2.59. The summed E-state index contributed by atoms with van der Waals surface area (Å²) in [5.74, 6) is -1.22. The van der Waals surface area contributed by atoms with E-state index < -0.39 is 11.6 Å². The number of rotatable bonds is 4. The number of likely N-dealkylation sites (N-methyl/N-ethyl adjacent to an activating group) is 1. The summed E-state index contributed by atoms with van der Waals surface area (Å²) in [5.41, 5.74) is 6.28. The van der Waals surface area contributed by atoms with Crippen LogP contribution in [0.1, 0.15) is 19.8 Å². The molecule has 12 heavy (non-hydrogen) atoms. The van der Waals surface area contributed by atoms with Crippen LogP contribution in [0, 0.1) is 0 Å². The van der Waals surface area contributed by atoms with Gasteiger partial charge in [0.05, 0.1) is 0 Å². The lowest BCUT2D eigenvalue weighted by Gasteiger charge is -2.04. The second kappa shape index (κ2) is 2.75. The number of carbonyl (C=O) groups excluding carboxylic acids is 1. The number of carboxylic acids is 1. The van der Waals surface area contributed by atoms with Crippen molar-refractivity contribution in [3.8, 4) is 0 Å². The average molecular weight is 171 g/mol. The summed E-state index contributed by atoms with van der Waals surface area (Å²) < 4.78 is 0. The van der Waals surface area contributed by atoms with Gasteiger partial charge in [0.1, 0.15) is 0 Å². The minimum atomic E-state index is -1.23. The molecule has 1 saturated heterocycles. The van der Waals surface area contributed by atoms with E-state index in [1.165, 1.54) is 4.90 Å². The Morgan fingerprint density at radius 2 is 2.33 bits per heavy atom. The summed E-state index contributed by atoms with van der Waals surface area (Å²) >= 11 is 0. The molecule has 5 heteroatoms. The summed E-state index contributed by atoms with van der Waals surface area (Å²) in [7, 11) is 0. The predicted molar refractivity (Wildman–Crippen MR) is 40.1 cm³/mol. The molecule has 0 bridgehead atoms. The Hall–Kier alpha value is -1.10. The molecule has 0 aromatic carbocycles. The van der Waals surface area contributed by atoms with Crippen LogP contribution in [-0.2, 0) is 9.59 Å². The molecule has 1 heterocycles. The molecule has 0 aromatic rings. The van der Waals surface area contributed by atoms with Crippen molar-refractivity contribution >= 4 is 11.9 Å². The van der Waals surface area contributed by atoms with Gasteiger partial charge in [0.25, 0.3) is 5.91 Å². The molecule has 5 nitrogen and oxygen atoms in total. The van der Waals surface area contributed by atoms with Gasteiger partial charge in [-0.2, -0.15) is 0 Å². The van der Waals surface area contributed by atoms with E-state index in [2.05, 4.69) is 0 Å². The van der Waals surface area contributed by atoms with E-state index in [9.17, 15) is 9.59 Å². The third kappa shape index (κ3) is 1.27. The summed E-state index contributed by atoms with van der Waals surface area (Å²) in [6.07, 6.45) is -0.0270. The fourth-order valence-corrected chi connectivity index (χ4v) is 1.25. The molecule has 0 aliphatic carbocycles. The van der Waals surface area contributed by atoms with Gasteiger partial charge < -0.3 is 10.0 Å². The van der Waals surface area contributed by atoms with E-state index in [0.29, 0.717) is 6.54 Å². The first-order chi connectivity index (χ1) is 5.52. The van der Waals surface area contributed by atoms with E-state index in [1.54, 1.807) is 6.92 Å². The number of carbonyl (C=O) groups is 2. The van der Waals surface area contributed by atoms with Crippen molar-refractivity contribution in [3.63, 3.8) is 0 Å². The van der Waals surface area contributed by atoms with Crippen LogP contribution in [0.5, 0.6) is 0 Å². The van der Waals surface area contributed by atoms with Crippen LogP contribution in [-0.4, -0.2) is 34.1 Å². The lowest BCUT2D eigenvalue weighted by Crippen LogP contribution is -2.21. The highest BCUT2D eigenvalue weighted by Crippen LogP contribution is 2.34. The van der Waals surface area contributed by atoms with E-state index >= 15 is 0 Å². The first-order valence-corrected chi connectivity index (χ1v) is 3.81. The maximum atomic E-state index is 10.9. The quantitative estimate of drug-likeness (QED) is 0.589. The van der Waals surface area contributed by atoms with Gasteiger partial charge in [0.2, 0.25) is 0 Å². The average Bonchev–Trinajstić information content (AvgIpc) is 2.52. The lowest BCUT2D eigenvalue weighted by molar-refractivity contribution is -0.137. The van der Waals surface area contributed by atoms with E-state index in [-0.39, 0.29) is 18.7 Å². The van der Waals surface area contributed by atoms with Gasteiger partial charge in [-0.25, -0.2) is 5.73 Å². The normalized spacial score (nSPS) is 27.5. The third-order valence-electron chi connectivity index (χ3n) is 2.03. The van der Waals surface area contributed by atoms with Crippen molar-refractivity contribution in [2.24, 2.45) is 0 Å². The molecule has 0 spiro atoms. The SMILES string of the molecule is CCN1C(=O)C1([NH])CCC(=O)O. The standard InChI is InChI=1S/C7H11N2O3/c1-2-9-6(12)7(9,8)4-3-5(10)11/h8H,2-4H2,1H3,(H,10,11). The largest absolute Gasteiger partial charge is 0.481 e. The maximum Gasteiger partial charge on any atom is 0.303 e. The second-order valence-corrected chi connectivity index (χ2v) is 2.80. The highest BCUT2D eigenvalue weighted by molar-refractivity contribution is 6.01. The van der Waals surface area contributed by atoms with Gasteiger partial charge in [-0.05, 0) is 6.92 Å². The van der Waals surface area contributed by atoms with E-state index in [4.69, 9.17) is 10.8 Å². The number of amides is 1. The van der Waals surface area contributed by atoms with Gasteiger partial charge >= 0.3 is 5.97 Å². The van der Waals surface area contributed by atoms with E-state index in [0.717, 1.165) is 0 Å². The van der Waals surface area contributed by atoms with Crippen molar-refractivity contribution < 1.29 is 14.7 Å². The Kier molecular flexibility index (Phi) is 2.06. The molecule has 0 saturated carbocycles. The van der Waals surface area contributed by atoms with Crippen LogP contribution >= 0.6 is 0 Å². The van der Waals surface area contributed by atoms with Crippen molar-refractivity contribution in [1.82, 2.24) is 10.6 Å². The Balaban J connectivity index is 2.43. The molecule has 2 N–H and O–H groups in total. The number of nitrogens with zero attached hydrogens (tertiary/aromatic N) is 1. The Morgan fingerprint density at radius 3 is 2.67 bits per heavy atom. The highest BCUT2D eigenvalue weighted by atomic mass is 16.4. The summed E-state index contributed by atoms with van der Waals surface area (Å²) in [6, 6.07) is 0. The topological polar surface area (TPSA) is 81.2 Å². The molecular formula is C7H11N2O3. The zero-order chi connectivity index (χ0) is 9.35. The minimum Gasteiger partial charge on any atom is -0.481 e. The third-order valence-corrected chi connectivity index (χ3v) is 2.03. The summed E-state index contributed by atoms with van der Waals surface area (Å²) in [5, 5.41) is 8.34. The number of hydrogen-bond donors (Lipinski definition) is 1. The second-order valence-electron chi connectivity index (χ2n) is 2.80. The monoisotopic (exact) mass is 171 g/mol. The van der Waals surface area contributed by atoms with Crippen LogP contribution < -0.4 is 5.73 Å². The molecule has 1 radical (unpaired) electrons. The zero-order valence-corrected chi connectivity index (χ0v) is 6.83. The molecule has 1 aliphatic rings. The van der Waals surface area contributed by atoms with Crippen LogP contribution in [0.15, 0.2) is 0 Å². The molecular weight excluding hydrogens is 160 g/mol. The van der Waals surface area contributed by atoms with Crippen LogP contribution in [0.3, 0.4) is 0 Å². The smallest absolute Gasteiger partial charge is 0.303 e. The predicted octanol–water partition coefficient (Wildman–Crippen LogP) is -0.308. The van der Waals surface area contributed by atoms with Gasteiger partial charge in [-0.15, -0.1) is 0 Å². The zero-order valence-electron chi connectivity index (χ0n) is 6.83. The van der Waals surface area contributed by atoms with Crippen LogP contribution in [0.4, 0.5) is 0 Å². The Labute approximate surface area is 70.1 Å². The Bertz CT molecular complexity index is 229. The van der Waals surface area contributed by atoms with Crippen molar-refractivity contribution in [2.45, 2.75) is 25.4 Å². The molecule has 67 valence electrons. The van der Waals surface area contributed by atoms with Crippen molar-refractivity contribution in [1.29, 1.82) is 0 Å². The fourth-order valence-electron chi connectivity index (χ4n) is 1.25. The number of aliphatic carboxylic acids is 1. The van der Waals surface area contributed by atoms with Gasteiger partial charge in [-0.1, -0.05) is 0 Å². The molecule has 1 rings (SSSR count). The molecule has 1 amide bonds. The summed E-state index contributed by atoms with van der Waals surface area (Å²) in [4.78, 5) is 22.4. The van der Waals surface area contributed by atoms with E-state index in [1.807, 2.05) is 0 Å². The number of nitrogens with one attached hydrogen (secondary N) is 1. The van der Waals surface area contributed by atoms with Gasteiger partial charge in [0.15, 0.2) is 5.66 Å². The first-order valence-electron chi connectivity index (χ1n) is 3.81. The van der Waals surface area contributed by atoms with Crippen molar-refractivity contribution in [2.75, 3.05) is 6.54 Å². The first kappa shape index (κ1) is 8.99. The maximum absolute atomic E-state index is 10.9. The van der Waals surface area contributed by atoms with Gasteiger partial charge in [0, 0.05) is 19.4 Å². The van der Waals surface area contributed by atoms with Crippen molar-refractivity contribution in [3.05, 3.63) is 0 Å². The van der Waals surface area contributed by atoms with Crippen LogP contribution in [0.2, 0.25) is 0 Å².